The van der Waals surface area contributed by atoms with Crippen LogP contribution < -0.4 is 5.73 Å². The molecule has 2 rings (SSSR count). The van der Waals surface area contributed by atoms with Crippen molar-refractivity contribution in [1.82, 2.24) is 4.90 Å². The molecule has 13 heavy (non-hydrogen) atoms. The second-order valence-electron chi connectivity index (χ2n) is 3.80. The van der Waals surface area contributed by atoms with E-state index in [1.54, 1.807) is 0 Å². The number of hydrogen-bond donors (Lipinski definition) is 1. The summed E-state index contributed by atoms with van der Waals surface area (Å²) in [6.45, 7) is 1.43. The highest BCUT2D eigenvalue weighted by atomic mass is 16.5. The molecular weight excluding hydrogens is 168 g/mol. The Kier molecular flexibility index (Phi) is 2.51. The van der Waals surface area contributed by atoms with Crippen LogP contribution in [0.1, 0.15) is 19.3 Å². The van der Waals surface area contributed by atoms with Gasteiger partial charge in [0, 0.05) is 19.1 Å². The second-order valence-corrected chi connectivity index (χ2v) is 3.80. The van der Waals surface area contributed by atoms with E-state index in [-0.39, 0.29) is 18.6 Å². The molecule has 0 aromatic rings. The smallest absolute Gasteiger partial charge is 0.248 e. The maximum Gasteiger partial charge on any atom is 0.248 e. The van der Waals surface area contributed by atoms with Gasteiger partial charge in [0.2, 0.25) is 5.91 Å². The first-order chi connectivity index (χ1) is 6.31. The van der Waals surface area contributed by atoms with Crippen molar-refractivity contribution in [3.8, 4) is 0 Å². The second kappa shape index (κ2) is 3.64. The van der Waals surface area contributed by atoms with Crippen LogP contribution in [-0.4, -0.2) is 42.6 Å². The first kappa shape index (κ1) is 8.97. The molecule has 1 heterocycles. The van der Waals surface area contributed by atoms with Crippen LogP contribution >= 0.6 is 0 Å². The van der Waals surface area contributed by atoms with Gasteiger partial charge in [-0.25, -0.2) is 0 Å². The highest BCUT2D eigenvalue weighted by molar-refractivity contribution is 5.78. The van der Waals surface area contributed by atoms with Crippen molar-refractivity contribution in [2.45, 2.75) is 31.4 Å². The molecule has 0 bridgehead atoms. The average molecular weight is 184 g/mol. The molecule has 1 atom stereocenters. The minimum absolute atomic E-state index is 0.0540. The van der Waals surface area contributed by atoms with Crippen molar-refractivity contribution < 1.29 is 9.53 Å². The molecule has 1 amide bonds. The van der Waals surface area contributed by atoms with Crippen molar-refractivity contribution in [2.75, 3.05) is 19.7 Å². The number of carbonyl (C=O) groups is 1. The lowest BCUT2D eigenvalue weighted by molar-refractivity contribution is -0.153. The Hall–Kier alpha value is -0.610. The van der Waals surface area contributed by atoms with Gasteiger partial charge in [0.1, 0.15) is 6.61 Å². The standard InChI is InChI=1S/C9H16N2O2/c10-4-8-5-11(7-2-1-3-7)9(12)6-13-8/h7-8H,1-6,10H2. The predicted octanol–water partition coefficient (Wildman–Crippen LogP) is -0.275. The highest BCUT2D eigenvalue weighted by Crippen LogP contribution is 2.26. The molecule has 0 aromatic carbocycles. The number of carbonyl (C=O) groups excluding carboxylic acids is 1. The van der Waals surface area contributed by atoms with Gasteiger partial charge >= 0.3 is 0 Å². The first-order valence-electron chi connectivity index (χ1n) is 4.92. The molecule has 74 valence electrons. The highest BCUT2D eigenvalue weighted by Gasteiger charge is 2.33. The molecule has 2 N–H and O–H groups in total. The number of morpholine rings is 1. The monoisotopic (exact) mass is 184 g/mol. The van der Waals surface area contributed by atoms with Gasteiger partial charge in [-0.15, -0.1) is 0 Å². The molecule has 0 aromatic heterocycles. The van der Waals surface area contributed by atoms with Gasteiger partial charge in [-0.2, -0.15) is 0 Å². The van der Waals surface area contributed by atoms with E-state index in [0.717, 1.165) is 12.8 Å². The number of ether oxygens (including phenoxy) is 1. The summed E-state index contributed by atoms with van der Waals surface area (Å²) in [7, 11) is 0. The number of hydrogen-bond acceptors (Lipinski definition) is 3. The van der Waals surface area contributed by atoms with Gasteiger partial charge in [-0.3, -0.25) is 4.79 Å². The third-order valence-corrected chi connectivity index (χ3v) is 2.94. The zero-order valence-corrected chi connectivity index (χ0v) is 7.74. The van der Waals surface area contributed by atoms with Gasteiger partial charge in [0.05, 0.1) is 6.10 Å². The molecule has 1 aliphatic carbocycles. The van der Waals surface area contributed by atoms with Crippen molar-refractivity contribution in [3.05, 3.63) is 0 Å². The Labute approximate surface area is 78.0 Å². The summed E-state index contributed by atoms with van der Waals surface area (Å²) in [5, 5.41) is 0. The van der Waals surface area contributed by atoms with Crippen molar-refractivity contribution >= 4 is 5.91 Å². The van der Waals surface area contributed by atoms with E-state index in [1.807, 2.05) is 4.90 Å². The van der Waals surface area contributed by atoms with E-state index in [2.05, 4.69) is 0 Å². The van der Waals surface area contributed by atoms with E-state index < -0.39 is 0 Å². The SMILES string of the molecule is NCC1CN(C2CCC2)C(=O)CO1. The molecule has 1 saturated heterocycles. The van der Waals surface area contributed by atoms with Crippen LogP contribution in [0.4, 0.5) is 0 Å². The molecule has 1 unspecified atom stereocenters. The number of rotatable bonds is 2. The fraction of sp³-hybridized carbons (Fsp3) is 0.889. The van der Waals surface area contributed by atoms with Gasteiger partial charge < -0.3 is 15.4 Å². The molecule has 1 saturated carbocycles. The minimum atomic E-state index is 0.0540. The summed E-state index contributed by atoms with van der Waals surface area (Å²) < 4.78 is 5.27. The number of amides is 1. The Morgan fingerprint density at radius 1 is 1.54 bits per heavy atom. The minimum Gasteiger partial charge on any atom is -0.365 e. The third kappa shape index (κ3) is 1.69. The molecule has 4 nitrogen and oxygen atoms in total. The number of nitrogens with two attached hydrogens (primary N) is 1. The van der Waals surface area contributed by atoms with Crippen LogP contribution in [0.2, 0.25) is 0 Å². The quantitative estimate of drug-likeness (QED) is 0.642. The Morgan fingerprint density at radius 2 is 2.31 bits per heavy atom. The molecular formula is C9H16N2O2. The summed E-state index contributed by atoms with van der Waals surface area (Å²) in [5.41, 5.74) is 5.51. The van der Waals surface area contributed by atoms with Crippen molar-refractivity contribution in [1.29, 1.82) is 0 Å². The molecule has 4 heteroatoms. The van der Waals surface area contributed by atoms with E-state index in [1.165, 1.54) is 6.42 Å². The lowest BCUT2D eigenvalue weighted by atomic mass is 9.91. The normalized spacial score (nSPS) is 30.4. The fourth-order valence-electron chi connectivity index (χ4n) is 1.84. The number of nitrogens with zero attached hydrogens (tertiary/aromatic N) is 1. The van der Waals surface area contributed by atoms with Crippen LogP contribution in [-0.2, 0) is 9.53 Å². The third-order valence-electron chi connectivity index (χ3n) is 2.94. The Balaban J connectivity index is 1.94. The van der Waals surface area contributed by atoms with Crippen molar-refractivity contribution in [3.63, 3.8) is 0 Å². The predicted molar refractivity (Wildman–Crippen MR) is 48.1 cm³/mol. The Bertz CT molecular complexity index is 204. The molecule has 0 spiro atoms. The van der Waals surface area contributed by atoms with E-state index in [9.17, 15) is 4.79 Å². The molecule has 0 radical (unpaired) electrons. The maximum atomic E-state index is 11.5. The van der Waals surface area contributed by atoms with E-state index in [4.69, 9.17) is 10.5 Å². The van der Waals surface area contributed by atoms with Crippen LogP contribution in [0.25, 0.3) is 0 Å². The van der Waals surface area contributed by atoms with Crippen molar-refractivity contribution in [2.24, 2.45) is 5.73 Å². The van der Waals surface area contributed by atoms with Gasteiger partial charge in [-0.1, -0.05) is 0 Å². The summed E-state index contributed by atoms with van der Waals surface area (Å²) in [5.74, 6) is 0.134. The molecule has 2 fully saturated rings. The average Bonchev–Trinajstić information content (AvgIpc) is 2.06. The zero-order chi connectivity index (χ0) is 9.26. The summed E-state index contributed by atoms with van der Waals surface area (Å²) in [6.07, 6.45) is 3.62. The zero-order valence-electron chi connectivity index (χ0n) is 7.74. The van der Waals surface area contributed by atoms with E-state index in [0.29, 0.717) is 19.1 Å². The topological polar surface area (TPSA) is 55.6 Å². The van der Waals surface area contributed by atoms with Gasteiger partial charge in [-0.05, 0) is 19.3 Å². The van der Waals surface area contributed by atoms with Gasteiger partial charge in [0.15, 0.2) is 0 Å². The summed E-state index contributed by atoms with van der Waals surface area (Å²) in [4.78, 5) is 13.4. The lowest BCUT2D eigenvalue weighted by Crippen LogP contribution is -2.54. The summed E-state index contributed by atoms with van der Waals surface area (Å²) in [6, 6.07) is 0.477. The lowest BCUT2D eigenvalue weighted by Gasteiger charge is -2.42. The fourth-order valence-corrected chi connectivity index (χ4v) is 1.84. The maximum absolute atomic E-state index is 11.5. The molecule has 2 aliphatic rings. The van der Waals surface area contributed by atoms with Crippen LogP contribution in [0.15, 0.2) is 0 Å². The first-order valence-corrected chi connectivity index (χ1v) is 4.92. The van der Waals surface area contributed by atoms with Crippen LogP contribution in [0.5, 0.6) is 0 Å². The molecule has 1 aliphatic heterocycles. The van der Waals surface area contributed by atoms with Gasteiger partial charge in [0.25, 0.3) is 0 Å². The van der Waals surface area contributed by atoms with Crippen LogP contribution in [0.3, 0.4) is 0 Å². The van der Waals surface area contributed by atoms with E-state index >= 15 is 0 Å². The summed E-state index contributed by atoms with van der Waals surface area (Å²) >= 11 is 0. The largest absolute Gasteiger partial charge is 0.365 e. The van der Waals surface area contributed by atoms with Crippen LogP contribution in [0, 0.1) is 0 Å². The Morgan fingerprint density at radius 3 is 2.85 bits per heavy atom.